The molecule has 1 atom stereocenters. The number of aliphatic hydroxyl groups is 1. The molecular weight excluding hydrogens is 282 g/mol. The van der Waals surface area contributed by atoms with Gasteiger partial charge >= 0.3 is 0 Å². The SMILES string of the molecule is Cn1ncc(OCC(O)CN2CCCCC2)c(Cl)c1=O. The third kappa shape index (κ3) is 3.94. The monoisotopic (exact) mass is 301 g/mol. The molecule has 1 fully saturated rings. The number of β-amino-alcohol motifs (C(OH)–C–C–N with tert-alkyl or cyclic N) is 1. The molecule has 20 heavy (non-hydrogen) atoms. The summed E-state index contributed by atoms with van der Waals surface area (Å²) in [7, 11) is 1.52. The Labute approximate surface area is 122 Å². The molecule has 112 valence electrons. The van der Waals surface area contributed by atoms with E-state index in [1.165, 1.54) is 32.5 Å². The Bertz CT molecular complexity index is 500. The van der Waals surface area contributed by atoms with Crippen molar-refractivity contribution >= 4 is 11.6 Å². The van der Waals surface area contributed by atoms with E-state index in [-0.39, 0.29) is 17.4 Å². The van der Waals surface area contributed by atoms with E-state index >= 15 is 0 Å². The minimum Gasteiger partial charge on any atom is -0.487 e. The molecule has 2 rings (SSSR count). The lowest BCUT2D eigenvalue weighted by atomic mass is 10.1. The summed E-state index contributed by atoms with van der Waals surface area (Å²) in [5.41, 5.74) is -0.408. The Hall–Kier alpha value is -1.11. The average molecular weight is 302 g/mol. The van der Waals surface area contributed by atoms with Crippen molar-refractivity contribution in [3.8, 4) is 5.75 Å². The van der Waals surface area contributed by atoms with E-state index < -0.39 is 11.7 Å². The number of hydrogen-bond donors (Lipinski definition) is 1. The maximum absolute atomic E-state index is 11.6. The van der Waals surface area contributed by atoms with Gasteiger partial charge in [0.05, 0.1) is 6.20 Å². The van der Waals surface area contributed by atoms with Crippen molar-refractivity contribution in [1.82, 2.24) is 14.7 Å². The van der Waals surface area contributed by atoms with Crippen molar-refractivity contribution < 1.29 is 9.84 Å². The highest BCUT2D eigenvalue weighted by atomic mass is 35.5. The Kier molecular flexibility index (Phi) is 5.39. The number of aryl methyl sites for hydroxylation is 1. The summed E-state index contributed by atoms with van der Waals surface area (Å²) in [6.45, 7) is 2.72. The van der Waals surface area contributed by atoms with Crippen LogP contribution in [0.2, 0.25) is 5.02 Å². The zero-order valence-electron chi connectivity index (χ0n) is 11.6. The fraction of sp³-hybridized carbons (Fsp3) is 0.692. The Morgan fingerprint density at radius 1 is 1.45 bits per heavy atom. The summed E-state index contributed by atoms with van der Waals surface area (Å²) >= 11 is 5.88. The number of ether oxygens (including phenoxy) is 1. The molecule has 2 heterocycles. The van der Waals surface area contributed by atoms with Gasteiger partial charge in [-0.25, -0.2) is 4.68 Å². The lowest BCUT2D eigenvalue weighted by Crippen LogP contribution is -2.38. The predicted molar refractivity (Wildman–Crippen MR) is 76.3 cm³/mol. The first-order valence-corrected chi connectivity index (χ1v) is 7.20. The first kappa shape index (κ1) is 15.3. The van der Waals surface area contributed by atoms with Crippen LogP contribution in [0.1, 0.15) is 19.3 Å². The third-order valence-corrected chi connectivity index (χ3v) is 3.74. The van der Waals surface area contributed by atoms with E-state index in [0.717, 1.165) is 17.8 Å². The second-order valence-corrected chi connectivity index (χ2v) is 5.46. The Balaban J connectivity index is 1.85. The standard InChI is InChI=1S/C13H20ClN3O3/c1-16-13(19)12(14)11(7-15-16)20-9-10(18)8-17-5-3-2-4-6-17/h7,10,18H,2-6,8-9H2,1H3. The molecule has 0 saturated carbocycles. The number of hydrogen-bond acceptors (Lipinski definition) is 5. The van der Waals surface area contributed by atoms with Gasteiger partial charge in [0.25, 0.3) is 5.56 Å². The van der Waals surface area contributed by atoms with Crippen LogP contribution in [0.25, 0.3) is 0 Å². The summed E-state index contributed by atoms with van der Waals surface area (Å²) < 4.78 is 6.53. The first-order chi connectivity index (χ1) is 9.58. The lowest BCUT2D eigenvalue weighted by Gasteiger charge is -2.28. The van der Waals surface area contributed by atoms with Crippen molar-refractivity contribution in [3.63, 3.8) is 0 Å². The van der Waals surface area contributed by atoms with Crippen molar-refractivity contribution in [1.29, 1.82) is 0 Å². The van der Waals surface area contributed by atoms with E-state index in [9.17, 15) is 9.90 Å². The average Bonchev–Trinajstić information content (AvgIpc) is 2.45. The summed E-state index contributed by atoms with van der Waals surface area (Å²) in [6.07, 6.45) is 4.40. The van der Waals surface area contributed by atoms with E-state index in [2.05, 4.69) is 10.00 Å². The normalized spacial score (nSPS) is 17.9. The number of nitrogens with zero attached hydrogens (tertiary/aromatic N) is 3. The molecule has 1 N–H and O–H groups in total. The molecule has 6 nitrogen and oxygen atoms in total. The van der Waals surface area contributed by atoms with Gasteiger partial charge in [-0.15, -0.1) is 0 Å². The highest BCUT2D eigenvalue weighted by Gasteiger charge is 2.16. The molecule has 1 aliphatic rings. The first-order valence-electron chi connectivity index (χ1n) is 6.83. The summed E-state index contributed by atoms with van der Waals surface area (Å²) in [5.74, 6) is 0.215. The zero-order valence-corrected chi connectivity index (χ0v) is 12.3. The number of halogens is 1. The van der Waals surface area contributed by atoms with Crippen molar-refractivity contribution in [2.75, 3.05) is 26.2 Å². The van der Waals surface area contributed by atoms with Crippen LogP contribution < -0.4 is 10.3 Å². The van der Waals surface area contributed by atoms with Gasteiger partial charge in [-0.3, -0.25) is 4.79 Å². The van der Waals surface area contributed by atoms with Gasteiger partial charge in [0, 0.05) is 13.6 Å². The maximum atomic E-state index is 11.6. The second kappa shape index (κ2) is 7.06. The maximum Gasteiger partial charge on any atom is 0.289 e. The zero-order chi connectivity index (χ0) is 14.5. The number of aromatic nitrogens is 2. The van der Waals surface area contributed by atoms with Crippen LogP contribution in [0, 0.1) is 0 Å². The lowest BCUT2D eigenvalue weighted by molar-refractivity contribution is 0.0615. The number of likely N-dealkylation sites (tertiary alicyclic amines) is 1. The van der Waals surface area contributed by atoms with Crippen molar-refractivity contribution in [2.45, 2.75) is 25.4 Å². The van der Waals surface area contributed by atoms with Gasteiger partial charge < -0.3 is 14.7 Å². The van der Waals surface area contributed by atoms with Crippen LogP contribution in [0.3, 0.4) is 0 Å². The van der Waals surface area contributed by atoms with Crippen LogP contribution in [-0.2, 0) is 7.05 Å². The van der Waals surface area contributed by atoms with E-state index in [0.29, 0.717) is 6.54 Å². The number of piperidine rings is 1. The van der Waals surface area contributed by atoms with Crippen molar-refractivity contribution in [3.05, 3.63) is 21.6 Å². The quantitative estimate of drug-likeness (QED) is 0.865. The molecular formula is C13H20ClN3O3. The number of aliphatic hydroxyl groups excluding tert-OH is 1. The fourth-order valence-corrected chi connectivity index (χ4v) is 2.50. The predicted octanol–water partition coefficient (Wildman–Crippen LogP) is 0.659. The van der Waals surface area contributed by atoms with E-state index in [1.54, 1.807) is 0 Å². The highest BCUT2D eigenvalue weighted by Crippen LogP contribution is 2.18. The van der Waals surface area contributed by atoms with Crippen LogP contribution in [0.4, 0.5) is 0 Å². The molecule has 0 amide bonds. The summed E-state index contributed by atoms with van der Waals surface area (Å²) in [6, 6.07) is 0. The van der Waals surface area contributed by atoms with Crippen molar-refractivity contribution in [2.24, 2.45) is 7.05 Å². The van der Waals surface area contributed by atoms with Gasteiger partial charge in [0.2, 0.25) is 0 Å². The van der Waals surface area contributed by atoms with Gasteiger partial charge in [-0.05, 0) is 25.9 Å². The molecule has 1 saturated heterocycles. The van der Waals surface area contributed by atoms with Gasteiger partial charge in [0.1, 0.15) is 12.7 Å². The van der Waals surface area contributed by atoms with Gasteiger partial charge in [-0.2, -0.15) is 5.10 Å². The minimum absolute atomic E-state index is 0.00678. The molecule has 0 radical (unpaired) electrons. The van der Waals surface area contributed by atoms with Crippen LogP contribution in [0.15, 0.2) is 11.0 Å². The molecule has 1 aliphatic heterocycles. The fourth-order valence-electron chi connectivity index (χ4n) is 2.27. The van der Waals surface area contributed by atoms with Gasteiger partial charge in [0.15, 0.2) is 10.8 Å². The molecule has 7 heteroatoms. The molecule has 0 aliphatic carbocycles. The smallest absolute Gasteiger partial charge is 0.289 e. The highest BCUT2D eigenvalue weighted by molar-refractivity contribution is 6.31. The Morgan fingerprint density at radius 2 is 2.15 bits per heavy atom. The molecule has 1 aromatic heterocycles. The van der Waals surface area contributed by atoms with Crippen LogP contribution in [0.5, 0.6) is 5.75 Å². The second-order valence-electron chi connectivity index (χ2n) is 5.08. The van der Waals surface area contributed by atoms with E-state index in [4.69, 9.17) is 16.3 Å². The Morgan fingerprint density at radius 3 is 2.85 bits per heavy atom. The topological polar surface area (TPSA) is 67.6 Å². The molecule has 1 aromatic rings. The van der Waals surface area contributed by atoms with E-state index in [1.807, 2.05) is 0 Å². The third-order valence-electron chi connectivity index (χ3n) is 3.40. The molecule has 0 aromatic carbocycles. The summed E-state index contributed by atoms with van der Waals surface area (Å²) in [5, 5.41) is 13.8. The van der Waals surface area contributed by atoms with Crippen LogP contribution in [-0.4, -0.2) is 52.1 Å². The molecule has 0 bridgehead atoms. The largest absolute Gasteiger partial charge is 0.487 e. The number of rotatable bonds is 5. The van der Waals surface area contributed by atoms with Crippen LogP contribution >= 0.6 is 11.6 Å². The molecule has 0 spiro atoms. The summed E-state index contributed by atoms with van der Waals surface area (Å²) in [4.78, 5) is 13.8. The molecule has 1 unspecified atom stereocenters. The minimum atomic E-state index is -0.603. The van der Waals surface area contributed by atoms with Gasteiger partial charge in [-0.1, -0.05) is 18.0 Å².